The van der Waals surface area contributed by atoms with Gasteiger partial charge in [0.2, 0.25) is 5.91 Å². The van der Waals surface area contributed by atoms with Gasteiger partial charge in [0.15, 0.2) is 0 Å². The van der Waals surface area contributed by atoms with Gasteiger partial charge in [0.25, 0.3) is 5.91 Å². The lowest BCUT2D eigenvalue weighted by atomic mass is 9.94. The zero-order chi connectivity index (χ0) is 24.8. The maximum absolute atomic E-state index is 14.0. The molecule has 0 saturated heterocycles. The van der Waals surface area contributed by atoms with Crippen LogP contribution in [-0.4, -0.2) is 32.1 Å². The summed E-state index contributed by atoms with van der Waals surface area (Å²) in [7, 11) is 3.12. The molecule has 1 fully saturated rings. The predicted molar refractivity (Wildman–Crippen MR) is 134 cm³/mol. The summed E-state index contributed by atoms with van der Waals surface area (Å²) >= 11 is 0. The second-order valence-electron chi connectivity index (χ2n) is 8.79. The lowest BCUT2D eigenvalue weighted by molar-refractivity contribution is -0.123. The van der Waals surface area contributed by atoms with Gasteiger partial charge in [0, 0.05) is 17.8 Å². The van der Waals surface area contributed by atoms with Gasteiger partial charge >= 0.3 is 0 Å². The highest BCUT2D eigenvalue weighted by Crippen LogP contribution is 2.35. The van der Waals surface area contributed by atoms with Crippen LogP contribution in [0, 0.1) is 6.92 Å². The molecule has 184 valence electrons. The number of ether oxygens (including phenoxy) is 2. The van der Waals surface area contributed by atoms with Gasteiger partial charge in [0.1, 0.15) is 23.3 Å². The van der Waals surface area contributed by atoms with Gasteiger partial charge in [-0.25, -0.2) is 0 Å². The van der Waals surface area contributed by atoms with Crippen LogP contribution >= 0.6 is 0 Å². The van der Waals surface area contributed by atoms with Crippen LogP contribution in [0.5, 0.6) is 11.5 Å². The number of methoxy groups -OCH3 is 2. The molecule has 3 aromatic rings. The van der Waals surface area contributed by atoms with Crippen LogP contribution in [0.2, 0.25) is 0 Å². The summed E-state index contributed by atoms with van der Waals surface area (Å²) < 4.78 is 16.4. The first-order valence-corrected chi connectivity index (χ1v) is 12.0. The number of benzene rings is 2. The van der Waals surface area contributed by atoms with E-state index in [1.54, 1.807) is 45.4 Å². The lowest BCUT2D eigenvalue weighted by Crippen LogP contribution is -2.47. The number of anilines is 1. The Kier molecular flexibility index (Phi) is 7.75. The van der Waals surface area contributed by atoms with E-state index >= 15 is 0 Å². The minimum absolute atomic E-state index is 0.0784. The number of amides is 2. The molecular weight excluding hydrogens is 444 g/mol. The van der Waals surface area contributed by atoms with Crippen molar-refractivity contribution in [3.8, 4) is 11.5 Å². The Morgan fingerprint density at radius 2 is 1.63 bits per heavy atom. The van der Waals surface area contributed by atoms with Gasteiger partial charge in [-0.1, -0.05) is 37.5 Å². The first-order chi connectivity index (χ1) is 17.0. The number of furan rings is 1. The Balaban J connectivity index is 1.85. The highest BCUT2D eigenvalue weighted by Gasteiger charge is 2.36. The maximum Gasteiger partial charge on any atom is 0.262 e. The van der Waals surface area contributed by atoms with Crippen molar-refractivity contribution in [3.05, 3.63) is 77.7 Å². The lowest BCUT2D eigenvalue weighted by Gasteiger charge is -2.33. The van der Waals surface area contributed by atoms with E-state index < -0.39 is 6.04 Å². The van der Waals surface area contributed by atoms with E-state index in [-0.39, 0.29) is 17.9 Å². The van der Waals surface area contributed by atoms with Crippen molar-refractivity contribution in [3.63, 3.8) is 0 Å². The van der Waals surface area contributed by atoms with Crippen LogP contribution in [0.4, 0.5) is 5.69 Å². The molecule has 0 bridgehead atoms. The Morgan fingerprint density at radius 1 is 0.971 bits per heavy atom. The molecule has 7 heteroatoms. The molecule has 2 aromatic carbocycles. The van der Waals surface area contributed by atoms with Gasteiger partial charge in [0.05, 0.1) is 26.0 Å². The van der Waals surface area contributed by atoms with E-state index in [1.807, 2.05) is 30.3 Å². The Bertz CT molecular complexity index is 1130. The van der Waals surface area contributed by atoms with Crippen LogP contribution in [0.25, 0.3) is 0 Å². The first-order valence-electron chi connectivity index (χ1n) is 12.0. The van der Waals surface area contributed by atoms with Gasteiger partial charge in [-0.3, -0.25) is 14.5 Å². The second kappa shape index (κ2) is 11.1. The topological polar surface area (TPSA) is 81.0 Å². The van der Waals surface area contributed by atoms with Crippen molar-refractivity contribution in [1.82, 2.24) is 5.32 Å². The van der Waals surface area contributed by atoms with Crippen LogP contribution in [-0.2, 0) is 4.79 Å². The van der Waals surface area contributed by atoms with E-state index in [2.05, 4.69) is 5.32 Å². The fourth-order valence-electron chi connectivity index (χ4n) is 4.64. The largest absolute Gasteiger partial charge is 0.497 e. The van der Waals surface area contributed by atoms with E-state index in [1.165, 1.54) is 17.6 Å². The number of carbonyl (C=O) groups is 2. The normalized spacial score (nSPS) is 14.7. The molecule has 0 aliphatic heterocycles. The number of carbonyl (C=O) groups excluding carboxylic acids is 2. The summed E-state index contributed by atoms with van der Waals surface area (Å²) in [5.41, 5.74) is 1.59. The maximum atomic E-state index is 14.0. The molecule has 1 aromatic heterocycles. The highest BCUT2D eigenvalue weighted by atomic mass is 16.5. The number of nitrogens with one attached hydrogen (secondary N) is 1. The van der Waals surface area contributed by atoms with Crippen LogP contribution < -0.4 is 19.7 Å². The predicted octanol–water partition coefficient (Wildman–Crippen LogP) is 5.44. The number of hydrogen-bond acceptors (Lipinski definition) is 5. The number of aryl methyl sites for hydroxylation is 1. The van der Waals surface area contributed by atoms with E-state index in [4.69, 9.17) is 13.9 Å². The number of hydrogen-bond donors (Lipinski definition) is 1. The van der Waals surface area contributed by atoms with Crippen molar-refractivity contribution in [2.75, 3.05) is 19.1 Å². The van der Waals surface area contributed by atoms with Gasteiger partial charge in [-0.05, 0) is 55.7 Å². The minimum atomic E-state index is -0.954. The smallest absolute Gasteiger partial charge is 0.262 e. The van der Waals surface area contributed by atoms with Crippen molar-refractivity contribution in [2.24, 2.45) is 0 Å². The van der Waals surface area contributed by atoms with Crippen molar-refractivity contribution in [1.29, 1.82) is 0 Å². The Morgan fingerprint density at radius 3 is 2.20 bits per heavy atom. The third-order valence-corrected chi connectivity index (χ3v) is 6.49. The molecule has 1 heterocycles. The zero-order valence-electron chi connectivity index (χ0n) is 20.5. The van der Waals surface area contributed by atoms with E-state index in [9.17, 15) is 9.59 Å². The van der Waals surface area contributed by atoms with Gasteiger partial charge in [-0.15, -0.1) is 0 Å². The summed E-state index contributed by atoms with van der Waals surface area (Å²) in [6.07, 6.45) is 6.69. The molecule has 1 N–H and O–H groups in total. The molecule has 1 aliphatic carbocycles. The van der Waals surface area contributed by atoms with Crippen LogP contribution in [0.1, 0.15) is 59.8 Å². The first kappa shape index (κ1) is 24.4. The molecule has 35 heavy (non-hydrogen) atoms. The molecule has 2 amide bonds. The second-order valence-corrected chi connectivity index (χ2v) is 8.79. The number of nitrogens with zero attached hydrogens (tertiary/aromatic N) is 1. The SMILES string of the molecule is COc1cc(OC)cc([C@@H](C(=O)NC2CCCCC2)N(C(=O)c2ccoc2C)c2ccccc2)c1. The van der Waals surface area contributed by atoms with E-state index in [0.717, 1.165) is 25.7 Å². The summed E-state index contributed by atoms with van der Waals surface area (Å²) in [5, 5.41) is 3.22. The fourth-order valence-corrected chi connectivity index (χ4v) is 4.64. The fraction of sp³-hybridized carbons (Fsp3) is 0.357. The summed E-state index contributed by atoms with van der Waals surface area (Å²) in [6, 6.07) is 15.3. The van der Waals surface area contributed by atoms with Crippen molar-refractivity contribution >= 4 is 17.5 Å². The molecule has 1 aliphatic rings. The molecule has 0 spiro atoms. The molecule has 7 nitrogen and oxygen atoms in total. The average Bonchev–Trinajstić information content (AvgIpc) is 3.33. The van der Waals surface area contributed by atoms with Crippen LogP contribution in [0.3, 0.4) is 0 Å². The standard InChI is InChI=1S/C28H32N2O5/c1-19-25(14-15-35-19)28(32)30(22-12-8-5-9-13-22)26(27(31)29-21-10-6-4-7-11-21)20-16-23(33-2)18-24(17-20)34-3/h5,8-9,12-18,21,26H,4,6-7,10-11H2,1-3H3,(H,29,31)/t26-/m0/s1. The molecule has 0 unspecified atom stereocenters. The third kappa shape index (κ3) is 5.50. The highest BCUT2D eigenvalue weighted by molar-refractivity contribution is 6.10. The van der Waals surface area contributed by atoms with Crippen molar-refractivity contribution in [2.45, 2.75) is 51.1 Å². The van der Waals surface area contributed by atoms with Gasteiger partial charge < -0.3 is 19.2 Å². The number of para-hydroxylation sites is 1. The summed E-state index contributed by atoms with van der Waals surface area (Å²) in [5.74, 6) is 0.994. The third-order valence-electron chi connectivity index (χ3n) is 6.49. The minimum Gasteiger partial charge on any atom is -0.497 e. The molecule has 1 atom stereocenters. The summed E-state index contributed by atoms with van der Waals surface area (Å²) in [4.78, 5) is 29.5. The molecule has 1 saturated carbocycles. The summed E-state index contributed by atoms with van der Waals surface area (Å²) in [6.45, 7) is 1.74. The van der Waals surface area contributed by atoms with Gasteiger partial charge in [-0.2, -0.15) is 0 Å². The molecular formula is C28H32N2O5. The Hall–Kier alpha value is -3.74. The number of rotatable bonds is 8. The quantitative estimate of drug-likeness (QED) is 0.468. The average molecular weight is 477 g/mol. The zero-order valence-corrected chi connectivity index (χ0v) is 20.5. The molecule has 0 radical (unpaired) electrons. The van der Waals surface area contributed by atoms with E-state index in [0.29, 0.717) is 34.1 Å². The van der Waals surface area contributed by atoms with Crippen LogP contribution in [0.15, 0.2) is 65.3 Å². The Labute approximate surface area is 206 Å². The monoisotopic (exact) mass is 476 g/mol. The van der Waals surface area contributed by atoms with Crippen molar-refractivity contribution < 1.29 is 23.5 Å². The molecule has 4 rings (SSSR count).